The number of nitrogens with zero attached hydrogens (tertiary/aromatic N) is 2. The van der Waals surface area contributed by atoms with Gasteiger partial charge in [0.25, 0.3) is 6.43 Å². The fourth-order valence-corrected chi connectivity index (χ4v) is 2.52. The first-order valence-electron chi connectivity index (χ1n) is 6.31. The largest absolute Gasteiger partial charge is 0.326 e. The third-order valence-corrected chi connectivity index (χ3v) is 3.78. The van der Waals surface area contributed by atoms with E-state index >= 15 is 0 Å². The van der Waals surface area contributed by atoms with Crippen molar-refractivity contribution in [3.63, 3.8) is 0 Å². The molecule has 0 atom stereocenters. The molecule has 3 rings (SSSR count). The smallest absolute Gasteiger partial charge is 0.266 e. The molecule has 0 fully saturated rings. The van der Waals surface area contributed by atoms with E-state index in [-0.39, 0.29) is 5.56 Å². The molecular formula is C15H12F2N2OS. The van der Waals surface area contributed by atoms with E-state index in [0.29, 0.717) is 29.6 Å². The van der Waals surface area contributed by atoms with E-state index in [4.69, 9.17) is 4.55 Å². The zero-order chi connectivity index (χ0) is 14.8. The van der Waals surface area contributed by atoms with E-state index in [1.54, 1.807) is 18.5 Å². The molecule has 0 amide bonds. The SMILES string of the molecule is OSc1ccc(Cn2cnc3c(C(F)F)cccc32)cc1. The molecule has 0 aliphatic rings. The third-order valence-electron chi connectivity index (χ3n) is 3.30. The number of aromatic nitrogens is 2. The number of imidazole rings is 1. The molecule has 1 heterocycles. The molecular weight excluding hydrogens is 294 g/mol. The minimum Gasteiger partial charge on any atom is -0.326 e. The fraction of sp³-hybridized carbons (Fsp3) is 0.133. The average Bonchev–Trinajstić information content (AvgIpc) is 2.91. The monoisotopic (exact) mass is 306 g/mol. The molecule has 0 saturated heterocycles. The molecule has 2 aromatic carbocycles. The molecule has 1 N–H and O–H groups in total. The highest BCUT2D eigenvalue weighted by Crippen LogP contribution is 2.27. The van der Waals surface area contributed by atoms with Crippen LogP contribution < -0.4 is 0 Å². The minimum atomic E-state index is -2.53. The van der Waals surface area contributed by atoms with Crippen LogP contribution in [0.25, 0.3) is 11.0 Å². The van der Waals surface area contributed by atoms with Gasteiger partial charge in [-0.05, 0) is 23.8 Å². The summed E-state index contributed by atoms with van der Waals surface area (Å²) in [5, 5.41) is 0. The van der Waals surface area contributed by atoms with Gasteiger partial charge in [0.1, 0.15) is 0 Å². The summed E-state index contributed by atoms with van der Waals surface area (Å²) >= 11 is 0.691. The first-order chi connectivity index (χ1) is 10.2. The van der Waals surface area contributed by atoms with E-state index < -0.39 is 6.43 Å². The van der Waals surface area contributed by atoms with Crippen molar-refractivity contribution in [1.29, 1.82) is 0 Å². The number of halogens is 2. The Kier molecular flexibility index (Phi) is 3.90. The molecule has 0 saturated carbocycles. The van der Waals surface area contributed by atoms with Gasteiger partial charge in [-0.3, -0.25) is 0 Å². The summed E-state index contributed by atoms with van der Waals surface area (Å²) in [5.74, 6) is 0. The molecule has 108 valence electrons. The van der Waals surface area contributed by atoms with Gasteiger partial charge in [0, 0.05) is 29.0 Å². The molecule has 21 heavy (non-hydrogen) atoms. The van der Waals surface area contributed by atoms with Crippen molar-refractivity contribution < 1.29 is 13.3 Å². The Hall–Kier alpha value is -1.92. The quantitative estimate of drug-likeness (QED) is 0.717. The van der Waals surface area contributed by atoms with Crippen LogP contribution in [0.1, 0.15) is 17.6 Å². The predicted octanol–water partition coefficient (Wildman–Crippen LogP) is 4.59. The second-order valence-electron chi connectivity index (χ2n) is 4.62. The first kappa shape index (κ1) is 14.0. The third kappa shape index (κ3) is 2.77. The van der Waals surface area contributed by atoms with Gasteiger partial charge in [0.15, 0.2) is 0 Å². The molecule has 3 aromatic rings. The van der Waals surface area contributed by atoms with Gasteiger partial charge in [-0.25, -0.2) is 13.8 Å². The number of alkyl halides is 2. The van der Waals surface area contributed by atoms with Crippen LogP contribution in [-0.2, 0) is 6.54 Å². The number of benzene rings is 2. The normalized spacial score (nSPS) is 11.4. The molecule has 0 aliphatic heterocycles. The lowest BCUT2D eigenvalue weighted by atomic mass is 10.2. The van der Waals surface area contributed by atoms with E-state index in [9.17, 15) is 8.78 Å². The Morgan fingerprint density at radius 2 is 1.90 bits per heavy atom. The van der Waals surface area contributed by atoms with Crippen LogP contribution in [-0.4, -0.2) is 14.1 Å². The zero-order valence-electron chi connectivity index (χ0n) is 10.9. The van der Waals surface area contributed by atoms with Crippen molar-refractivity contribution in [3.8, 4) is 0 Å². The summed E-state index contributed by atoms with van der Waals surface area (Å²) in [4.78, 5) is 4.87. The Bertz CT molecular complexity index is 756. The molecule has 0 unspecified atom stereocenters. The van der Waals surface area contributed by atoms with E-state index in [1.807, 2.05) is 28.8 Å². The highest BCUT2D eigenvalue weighted by atomic mass is 32.2. The summed E-state index contributed by atoms with van der Waals surface area (Å²) in [6.45, 7) is 0.541. The van der Waals surface area contributed by atoms with Crippen LogP contribution in [0.4, 0.5) is 8.78 Å². The van der Waals surface area contributed by atoms with Gasteiger partial charge in [-0.1, -0.05) is 24.3 Å². The lowest BCUT2D eigenvalue weighted by Crippen LogP contribution is -1.98. The Labute approximate surface area is 124 Å². The summed E-state index contributed by atoms with van der Waals surface area (Å²) in [6.07, 6.45) is -0.955. The van der Waals surface area contributed by atoms with Crippen LogP contribution in [0.15, 0.2) is 53.7 Å². The molecule has 0 radical (unpaired) electrons. The van der Waals surface area contributed by atoms with Gasteiger partial charge in [-0.2, -0.15) is 0 Å². The van der Waals surface area contributed by atoms with Crippen LogP contribution >= 0.6 is 12.0 Å². The van der Waals surface area contributed by atoms with Crippen molar-refractivity contribution in [2.45, 2.75) is 17.9 Å². The lowest BCUT2D eigenvalue weighted by Gasteiger charge is -2.06. The van der Waals surface area contributed by atoms with Gasteiger partial charge >= 0.3 is 0 Å². The molecule has 0 spiro atoms. The molecule has 0 aliphatic carbocycles. The first-order valence-corrected chi connectivity index (χ1v) is 7.08. The van der Waals surface area contributed by atoms with Crippen molar-refractivity contribution in [2.24, 2.45) is 0 Å². The van der Waals surface area contributed by atoms with Crippen molar-refractivity contribution in [1.82, 2.24) is 9.55 Å². The van der Waals surface area contributed by atoms with Crippen molar-refractivity contribution >= 4 is 23.1 Å². The second-order valence-corrected chi connectivity index (χ2v) is 5.28. The highest BCUT2D eigenvalue weighted by Gasteiger charge is 2.14. The molecule has 0 bridgehead atoms. The van der Waals surface area contributed by atoms with E-state index in [0.717, 1.165) is 10.5 Å². The summed E-state index contributed by atoms with van der Waals surface area (Å²) in [7, 11) is 0. The fourth-order valence-electron chi connectivity index (χ4n) is 2.27. The highest BCUT2D eigenvalue weighted by molar-refractivity contribution is 7.93. The number of hydrogen-bond acceptors (Lipinski definition) is 3. The van der Waals surface area contributed by atoms with Crippen LogP contribution in [0, 0.1) is 0 Å². The number of rotatable bonds is 4. The average molecular weight is 306 g/mol. The number of hydrogen-bond donors (Lipinski definition) is 1. The summed E-state index contributed by atoms with van der Waals surface area (Å²) in [6, 6.07) is 12.2. The van der Waals surface area contributed by atoms with Crippen LogP contribution in [0.2, 0.25) is 0 Å². The van der Waals surface area contributed by atoms with Gasteiger partial charge in [-0.15, -0.1) is 0 Å². The predicted molar refractivity (Wildman–Crippen MR) is 78.7 cm³/mol. The van der Waals surface area contributed by atoms with Gasteiger partial charge in [0.2, 0.25) is 0 Å². The number of para-hydroxylation sites is 1. The topological polar surface area (TPSA) is 38.0 Å². The van der Waals surface area contributed by atoms with Crippen LogP contribution in [0.5, 0.6) is 0 Å². The maximum Gasteiger partial charge on any atom is 0.266 e. The Balaban J connectivity index is 1.95. The van der Waals surface area contributed by atoms with Crippen LogP contribution in [0.3, 0.4) is 0 Å². The molecule has 6 heteroatoms. The van der Waals surface area contributed by atoms with Gasteiger partial charge in [0.05, 0.1) is 17.4 Å². The summed E-state index contributed by atoms with van der Waals surface area (Å²) < 4.78 is 36.7. The Morgan fingerprint density at radius 3 is 2.57 bits per heavy atom. The van der Waals surface area contributed by atoms with E-state index in [1.165, 1.54) is 6.07 Å². The maximum absolute atomic E-state index is 12.9. The zero-order valence-corrected chi connectivity index (χ0v) is 11.7. The standard InChI is InChI=1S/C15H12F2N2OS/c16-15(17)12-2-1-3-13-14(12)18-9-19(13)8-10-4-6-11(21-20)7-5-10/h1-7,9,15,20H,8H2. The lowest BCUT2D eigenvalue weighted by molar-refractivity contribution is 0.153. The molecule has 1 aromatic heterocycles. The minimum absolute atomic E-state index is 0.0433. The molecule has 3 nitrogen and oxygen atoms in total. The Morgan fingerprint density at radius 1 is 1.14 bits per heavy atom. The van der Waals surface area contributed by atoms with E-state index in [2.05, 4.69) is 4.98 Å². The van der Waals surface area contributed by atoms with Gasteiger partial charge < -0.3 is 9.12 Å². The maximum atomic E-state index is 12.9. The van der Waals surface area contributed by atoms with Crippen molar-refractivity contribution in [2.75, 3.05) is 0 Å². The number of fused-ring (bicyclic) bond motifs is 1. The second kappa shape index (κ2) is 5.83. The van der Waals surface area contributed by atoms with Crippen molar-refractivity contribution in [3.05, 3.63) is 59.9 Å². The summed E-state index contributed by atoms with van der Waals surface area (Å²) in [5.41, 5.74) is 2.00.